The molecule has 0 atom stereocenters. The van der Waals surface area contributed by atoms with Gasteiger partial charge in [0.25, 0.3) is 0 Å². The van der Waals surface area contributed by atoms with E-state index >= 15 is 0 Å². The Balaban J connectivity index is 2.48. The van der Waals surface area contributed by atoms with Crippen molar-refractivity contribution in [2.45, 2.75) is 6.42 Å². The minimum absolute atomic E-state index is 0.926. The van der Waals surface area contributed by atoms with E-state index in [-0.39, 0.29) is 0 Å². The van der Waals surface area contributed by atoms with Crippen LogP contribution >= 0.6 is 0 Å². The average Bonchev–Trinajstić information content (AvgIpc) is 2.19. The second kappa shape index (κ2) is 2.34. The molecule has 0 aromatic carbocycles. The first-order valence-corrected chi connectivity index (χ1v) is 2.57. The van der Waals surface area contributed by atoms with Crippen molar-refractivity contribution >= 4 is 5.94 Å². The molecule has 0 N–H and O–H groups in total. The van der Waals surface area contributed by atoms with Crippen molar-refractivity contribution in [2.24, 2.45) is 0 Å². The van der Waals surface area contributed by atoms with Crippen molar-refractivity contribution < 1.29 is 4.79 Å². The molecule has 8 heavy (non-hydrogen) atoms. The molecule has 0 fully saturated rings. The van der Waals surface area contributed by atoms with Gasteiger partial charge in [0.1, 0.15) is 5.94 Å². The first kappa shape index (κ1) is 5.13. The first-order valence-electron chi connectivity index (χ1n) is 2.57. The summed E-state index contributed by atoms with van der Waals surface area (Å²) in [7, 11) is 0. The fourth-order valence-electron chi connectivity index (χ4n) is 0.683. The fraction of sp³-hybridized carbons (Fsp3) is 0.333. The van der Waals surface area contributed by atoms with Gasteiger partial charge in [0.05, 0.1) is 6.20 Å². The van der Waals surface area contributed by atoms with Gasteiger partial charge in [-0.2, -0.15) is 0 Å². The molecule has 0 aromatic heterocycles. The van der Waals surface area contributed by atoms with Crippen molar-refractivity contribution in [3.63, 3.8) is 0 Å². The lowest BCUT2D eigenvalue weighted by Crippen LogP contribution is -2.04. The average molecular weight is 109 g/mol. The molecule has 0 spiro atoms. The van der Waals surface area contributed by atoms with Gasteiger partial charge < -0.3 is 4.90 Å². The van der Waals surface area contributed by atoms with Crippen molar-refractivity contribution in [1.82, 2.24) is 4.90 Å². The molecular formula is C6H7NO. The molecule has 0 bridgehead atoms. The van der Waals surface area contributed by atoms with Crippen LogP contribution in [0.5, 0.6) is 0 Å². The van der Waals surface area contributed by atoms with Crippen LogP contribution in [0.2, 0.25) is 0 Å². The minimum atomic E-state index is 0.926. The second-order valence-corrected chi connectivity index (χ2v) is 1.66. The zero-order chi connectivity index (χ0) is 5.82. The summed E-state index contributed by atoms with van der Waals surface area (Å²) < 4.78 is 0. The zero-order valence-corrected chi connectivity index (χ0v) is 4.50. The Labute approximate surface area is 48.1 Å². The molecule has 0 unspecified atom stereocenters. The monoisotopic (exact) mass is 109 g/mol. The van der Waals surface area contributed by atoms with E-state index in [1.54, 1.807) is 5.94 Å². The molecule has 42 valence electrons. The Hall–Kier alpha value is -1.01. The van der Waals surface area contributed by atoms with E-state index in [1.165, 1.54) is 6.20 Å². The SMILES string of the molecule is O=C=CN1C=CCC1. The Morgan fingerprint density at radius 2 is 2.62 bits per heavy atom. The van der Waals surface area contributed by atoms with Crippen LogP contribution in [0.3, 0.4) is 0 Å². The molecular weight excluding hydrogens is 102 g/mol. The minimum Gasteiger partial charge on any atom is -0.345 e. The van der Waals surface area contributed by atoms with Crippen LogP contribution in [0.4, 0.5) is 0 Å². The Kier molecular flexibility index (Phi) is 1.50. The first-order chi connectivity index (χ1) is 3.93. The molecule has 0 amide bonds. The predicted octanol–water partition coefficient (Wildman–Crippen LogP) is 0.551. The highest BCUT2D eigenvalue weighted by atomic mass is 16.1. The highest BCUT2D eigenvalue weighted by Crippen LogP contribution is 2.01. The third kappa shape index (κ3) is 0.983. The van der Waals surface area contributed by atoms with E-state index in [2.05, 4.69) is 0 Å². The van der Waals surface area contributed by atoms with Crippen LogP contribution in [0.1, 0.15) is 6.42 Å². The number of rotatable bonds is 1. The van der Waals surface area contributed by atoms with Gasteiger partial charge in [-0.3, -0.25) is 0 Å². The Morgan fingerprint density at radius 1 is 1.75 bits per heavy atom. The third-order valence-corrected chi connectivity index (χ3v) is 1.07. The van der Waals surface area contributed by atoms with Gasteiger partial charge in [-0.25, -0.2) is 4.79 Å². The van der Waals surface area contributed by atoms with Crippen LogP contribution in [0.15, 0.2) is 18.5 Å². The second-order valence-electron chi connectivity index (χ2n) is 1.66. The molecule has 1 aliphatic rings. The van der Waals surface area contributed by atoms with E-state index in [4.69, 9.17) is 0 Å². The van der Waals surface area contributed by atoms with Gasteiger partial charge in [0.2, 0.25) is 0 Å². The van der Waals surface area contributed by atoms with Gasteiger partial charge in [-0.1, -0.05) is 6.08 Å². The van der Waals surface area contributed by atoms with E-state index < -0.39 is 0 Å². The van der Waals surface area contributed by atoms with Crippen molar-refractivity contribution in [1.29, 1.82) is 0 Å². The third-order valence-electron chi connectivity index (χ3n) is 1.07. The number of hydrogen-bond donors (Lipinski definition) is 0. The highest BCUT2D eigenvalue weighted by Gasteiger charge is 1.97. The lowest BCUT2D eigenvalue weighted by Gasteiger charge is -2.02. The summed E-state index contributed by atoms with van der Waals surface area (Å²) in [6.45, 7) is 0.926. The van der Waals surface area contributed by atoms with E-state index in [0.29, 0.717) is 0 Å². The predicted molar refractivity (Wildman–Crippen MR) is 30.7 cm³/mol. The van der Waals surface area contributed by atoms with Gasteiger partial charge >= 0.3 is 0 Å². The maximum Gasteiger partial charge on any atom is 0.142 e. The maximum absolute atomic E-state index is 9.70. The fourth-order valence-corrected chi connectivity index (χ4v) is 0.683. The van der Waals surface area contributed by atoms with Gasteiger partial charge in [-0.05, 0) is 6.42 Å². The van der Waals surface area contributed by atoms with Crippen LogP contribution in [-0.2, 0) is 4.79 Å². The number of hydrogen-bond acceptors (Lipinski definition) is 2. The molecule has 0 aliphatic carbocycles. The Bertz CT molecular complexity index is 145. The number of carbonyl (C=O) groups excluding carboxylic acids is 1. The standard InChI is InChI=1S/C6H7NO/c8-6-5-7-3-1-2-4-7/h1,3,5H,2,4H2. The molecule has 1 aliphatic heterocycles. The maximum atomic E-state index is 9.70. The lowest BCUT2D eigenvalue weighted by atomic mass is 10.5. The summed E-state index contributed by atoms with van der Waals surface area (Å²) >= 11 is 0. The van der Waals surface area contributed by atoms with Gasteiger partial charge in [0, 0.05) is 12.7 Å². The Morgan fingerprint density at radius 3 is 3.12 bits per heavy atom. The van der Waals surface area contributed by atoms with E-state index in [0.717, 1.165) is 13.0 Å². The van der Waals surface area contributed by atoms with Gasteiger partial charge in [-0.15, -0.1) is 0 Å². The van der Waals surface area contributed by atoms with Crippen LogP contribution in [0, 0.1) is 0 Å². The molecule has 2 nitrogen and oxygen atoms in total. The highest BCUT2D eigenvalue weighted by molar-refractivity contribution is 5.44. The van der Waals surface area contributed by atoms with Crippen LogP contribution < -0.4 is 0 Å². The molecule has 0 radical (unpaired) electrons. The van der Waals surface area contributed by atoms with Crippen LogP contribution in [-0.4, -0.2) is 17.4 Å². The summed E-state index contributed by atoms with van der Waals surface area (Å²) in [5.74, 6) is 1.71. The zero-order valence-electron chi connectivity index (χ0n) is 4.50. The molecule has 1 heterocycles. The molecule has 1 rings (SSSR count). The lowest BCUT2D eigenvalue weighted by molar-refractivity contribution is 0.532. The summed E-state index contributed by atoms with van der Waals surface area (Å²) in [6, 6.07) is 0. The summed E-state index contributed by atoms with van der Waals surface area (Å²) in [5, 5.41) is 0. The molecule has 0 saturated heterocycles. The largest absolute Gasteiger partial charge is 0.345 e. The molecule has 2 heteroatoms. The number of nitrogens with zero attached hydrogens (tertiary/aromatic N) is 1. The smallest absolute Gasteiger partial charge is 0.142 e. The summed E-state index contributed by atoms with van der Waals surface area (Å²) in [6.07, 6.45) is 6.35. The normalized spacial score (nSPS) is 16.2. The van der Waals surface area contributed by atoms with E-state index in [9.17, 15) is 4.79 Å². The summed E-state index contributed by atoms with van der Waals surface area (Å²) in [5.41, 5.74) is 0. The van der Waals surface area contributed by atoms with Gasteiger partial charge in [0.15, 0.2) is 0 Å². The molecule has 0 aromatic rings. The quantitative estimate of drug-likeness (QED) is 0.458. The molecule has 0 saturated carbocycles. The van der Waals surface area contributed by atoms with Crippen molar-refractivity contribution in [2.75, 3.05) is 6.54 Å². The van der Waals surface area contributed by atoms with Crippen LogP contribution in [0.25, 0.3) is 0 Å². The summed E-state index contributed by atoms with van der Waals surface area (Å²) in [4.78, 5) is 11.5. The van der Waals surface area contributed by atoms with Crippen molar-refractivity contribution in [3.8, 4) is 0 Å². The van der Waals surface area contributed by atoms with Crippen molar-refractivity contribution in [3.05, 3.63) is 18.5 Å². The topological polar surface area (TPSA) is 20.3 Å². The van der Waals surface area contributed by atoms with E-state index in [1.807, 2.05) is 17.2 Å².